The molecule has 104 valence electrons. The lowest BCUT2D eigenvalue weighted by Crippen LogP contribution is -2.14. The van der Waals surface area contributed by atoms with E-state index in [4.69, 9.17) is 11.6 Å². The van der Waals surface area contributed by atoms with Gasteiger partial charge in [-0.05, 0) is 73.2 Å². The van der Waals surface area contributed by atoms with Crippen LogP contribution in [0.1, 0.15) is 25.0 Å². The fourth-order valence-corrected chi connectivity index (χ4v) is 3.92. The first kappa shape index (κ1) is 13.4. The van der Waals surface area contributed by atoms with Gasteiger partial charge in [0, 0.05) is 9.89 Å². The SMILES string of the molecule is CC1(C)c2cc(Cl)c(Br)cc2-c2cc3ccccc3cc21. The highest BCUT2D eigenvalue weighted by Gasteiger charge is 2.36. The van der Waals surface area contributed by atoms with Gasteiger partial charge in [-0.1, -0.05) is 49.7 Å². The quantitative estimate of drug-likeness (QED) is 0.427. The third-order valence-corrected chi connectivity index (χ3v) is 5.78. The lowest BCUT2D eigenvalue weighted by atomic mass is 9.82. The van der Waals surface area contributed by atoms with E-state index in [9.17, 15) is 0 Å². The minimum atomic E-state index is -0.0148. The molecule has 0 aliphatic heterocycles. The predicted octanol–water partition coefficient (Wildman–Crippen LogP) is 6.56. The second kappa shape index (κ2) is 4.34. The highest BCUT2D eigenvalue weighted by molar-refractivity contribution is 9.10. The molecule has 0 atom stereocenters. The molecule has 0 radical (unpaired) electrons. The van der Waals surface area contributed by atoms with Crippen LogP contribution in [0.4, 0.5) is 0 Å². The maximum absolute atomic E-state index is 6.32. The van der Waals surface area contributed by atoms with Crippen molar-refractivity contribution < 1.29 is 0 Å². The Morgan fingerprint density at radius 2 is 1.43 bits per heavy atom. The van der Waals surface area contributed by atoms with Gasteiger partial charge in [-0.25, -0.2) is 0 Å². The smallest absolute Gasteiger partial charge is 0.0551 e. The topological polar surface area (TPSA) is 0 Å². The molecule has 0 heterocycles. The van der Waals surface area contributed by atoms with Crippen molar-refractivity contribution in [2.75, 3.05) is 0 Å². The molecular weight excluding hydrogens is 344 g/mol. The number of benzene rings is 3. The standard InChI is InChI=1S/C19H14BrCl/c1-19(2)15-8-12-6-4-3-5-11(12)7-13(15)14-9-17(20)18(21)10-16(14)19/h3-10H,1-2H3. The number of halogens is 2. The van der Waals surface area contributed by atoms with Gasteiger partial charge in [0.15, 0.2) is 0 Å². The first-order valence-corrected chi connectivity index (χ1v) is 8.19. The Bertz CT molecular complexity index is 893. The summed E-state index contributed by atoms with van der Waals surface area (Å²) in [6.07, 6.45) is 0. The number of hydrogen-bond acceptors (Lipinski definition) is 0. The number of rotatable bonds is 0. The summed E-state index contributed by atoms with van der Waals surface area (Å²) < 4.78 is 0.958. The van der Waals surface area contributed by atoms with Crippen LogP contribution in [0, 0.1) is 0 Å². The summed E-state index contributed by atoms with van der Waals surface area (Å²) in [7, 11) is 0. The number of fused-ring (bicyclic) bond motifs is 4. The van der Waals surface area contributed by atoms with Gasteiger partial charge in [0.1, 0.15) is 0 Å². The highest BCUT2D eigenvalue weighted by Crippen LogP contribution is 2.51. The molecule has 0 unspecified atom stereocenters. The Balaban J connectivity index is 2.13. The summed E-state index contributed by atoms with van der Waals surface area (Å²) in [6.45, 7) is 4.55. The molecular formula is C19H14BrCl. The van der Waals surface area contributed by atoms with Gasteiger partial charge in [-0.3, -0.25) is 0 Å². The Kier molecular flexibility index (Phi) is 2.76. The van der Waals surface area contributed by atoms with E-state index in [1.54, 1.807) is 0 Å². The molecule has 3 aromatic rings. The van der Waals surface area contributed by atoms with Crippen molar-refractivity contribution in [3.05, 3.63) is 69.2 Å². The van der Waals surface area contributed by atoms with E-state index in [1.165, 1.54) is 33.0 Å². The molecule has 1 aliphatic carbocycles. The maximum atomic E-state index is 6.32. The molecule has 21 heavy (non-hydrogen) atoms. The molecule has 1 aliphatic rings. The molecule has 0 saturated carbocycles. The Morgan fingerprint density at radius 3 is 2.14 bits per heavy atom. The average molecular weight is 358 g/mol. The lowest BCUT2D eigenvalue weighted by molar-refractivity contribution is 0.661. The Morgan fingerprint density at radius 1 is 0.857 bits per heavy atom. The van der Waals surface area contributed by atoms with Crippen LogP contribution in [0.5, 0.6) is 0 Å². The summed E-state index contributed by atoms with van der Waals surface area (Å²) in [5.41, 5.74) is 5.29. The van der Waals surface area contributed by atoms with Crippen LogP contribution in [0.2, 0.25) is 5.02 Å². The third-order valence-electron chi connectivity index (χ3n) is 4.58. The molecule has 0 spiro atoms. The van der Waals surface area contributed by atoms with Crippen molar-refractivity contribution in [1.82, 2.24) is 0 Å². The first-order valence-electron chi connectivity index (χ1n) is 7.01. The van der Waals surface area contributed by atoms with Crippen LogP contribution in [0.15, 0.2) is 53.0 Å². The van der Waals surface area contributed by atoms with Crippen molar-refractivity contribution in [3.8, 4) is 11.1 Å². The molecule has 0 N–H and O–H groups in total. The zero-order chi connectivity index (χ0) is 14.8. The normalized spacial score (nSPS) is 15.0. The van der Waals surface area contributed by atoms with Gasteiger partial charge in [-0.2, -0.15) is 0 Å². The van der Waals surface area contributed by atoms with Crippen LogP contribution in [0.3, 0.4) is 0 Å². The average Bonchev–Trinajstić information content (AvgIpc) is 2.66. The van der Waals surface area contributed by atoms with Crippen LogP contribution in [-0.4, -0.2) is 0 Å². The summed E-state index contributed by atoms with van der Waals surface area (Å²) >= 11 is 9.88. The van der Waals surface area contributed by atoms with Gasteiger partial charge in [0.25, 0.3) is 0 Å². The summed E-state index contributed by atoms with van der Waals surface area (Å²) in [6, 6.07) is 17.4. The van der Waals surface area contributed by atoms with Crippen molar-refractivity contribution in [2.24, 2.45) is 0 Å². The second-order valence-electron chi connectivity index (χ2n) is 6.18. The summed E-state index contributed by atoms with van der Waals surface area (Å²) in [5.74, 6) is 0. The zero-order valence-electron chi connectivity index (χ0n) is 11.9. The molecule has 0 bridgehead atoms. The molecule has 2 heteroatoms. The van der Waals surface area contributed by atoms with Crippen LogP contribution in [0.25, 0.3) is 21.9 Å². The fourth-order valence-electron chi connectivity index (χ4n) is 3.41. The third kappa shape index (κ3) is 1.81. The largest absolute Gasteiger partial charge is 0.0831 e. The Labute approximate surface area is 137 Å². The molecule has 4 rings (SSSR count). The zero-order valence-corrected chi connectivity index (χ0v) is 14.2. The second-order valence-corrected chi connectivity index (χ2v) is 7.44. The summed E-state index contributed by atoms with van der Waals surface area (Å²) in [5, 5.41) is 3.35. The van der Waals surface area contributed by atoms with Gasteiger partial charge < -0.3 is 0 Å². The number of hydrogen-bond donors (Lipinski definition) is 0. The van der Waals surface area contributed by atoms with Gasteiger partial charge in [0.05, 0.1) is 5.02 Å². The van der Waals surface area contributed by atoms with Gasteiger partial charge in [0.2, 0.25) is 0 Å². The molecule has 3 aromatic carbocycles. The molecule has 0 saturated heterocycles. The Hall–Kier alpha value is -1.31. The van der Waals surface area contributed by atoms with E-state index in [1.807, 2.05) is 0 Å². The van der Waals surface area contributed by atoms with E-state index < -0.39 is 0 Å². The van der Waals surface area contributed by atoms with E-state index in [-0.39, 0.29) is 5.41 Å². The fraction of sp³-hybridized carbons (Fsp3) is 0.158. The van der Waals surface area contributed by atoms with Crippen molar-refractivity contribution >= 4 is 38.3 Å². The maximum Gasteiger partial charge on any atom is 0.0551 e. The molecule has 0 nitrogen and oxygen atoms in total. The van der Waals surface area contributed by atoms with Crippen molar-refractivity contribution in [2.45, 2.75) is 19.3 Å². The van der Waals surface area contributed by atoms with Crippen molar-refractivity contribution in [1.29, 1.82) is 0 Å². The highest BCUT2D eigenvalue weighted by atomic mass is 79.9. The first-order chi connectivity index (χ1) is 9.98. The van der Waals surface area contributed by atoms with Crippen LogP contribution >= 0.6 is 27.5 Å². The van der Waals surface area contributed by atoms with E-state index >= 15 is 0 Å². The van der Waals surface area contributed by atoms with E-state index in [2.05, 4.69) is 78.3 Å². The minimum Gasteiger partial charge on any atom is -0.0831 e. The molecule has 0 amide bonds. The molecule has 0 fully saturated rings. The van der Waals surface area contributed by atoms with Gasteiger partial charge >= 0.3 is 0 Å². The lowest BCUT2D eigenvalue weighted by Gasteiger charge is -2.22. The molecule has 0 aromatic heterocycles. The van der Waals surface area contributed by atoms with Gasteiger partial charge in [-0.15, -0.1) is 0 Å². The van der Waals surface area contributed by atoms with Crippen LogP contribution < -0.4 is 0 Å². The predicted molar refractivity (Wildman–Crippen MR) is 94.2 cm³/mol. The summed E-state index contributed by atoms with van der Waals surface area (Å²) in [4.78, 5) is 0. The van der Waals surface area contributed by atoms with Crippen molar-refractivity contribution in [3.63, 3.8) is 0 Å². The van der Waals surface area contributed by atoms with E-state index in [0.717, 1.165) is 9.50 Å². The van der Waals surface area contributed by atoms with Crippen LogP contribution in [-0.2, 0) is 5.41 Å². The monoisotopic (exact) mass is 356 g/mol. The van der Waals surface area contributed by atoms with E-state index in [0.29, 0.717) is 0 Å². The minimum absolute atomic E-state index is 0.0148.